The quantitative estimate of drug-likeness (QED) is 0.927. The van der Waals surface area contributed by atoms with Crippen LogP contribution in [0.1, 0.15) is 43.5 Å². The van der Waals surface area contributed by atoms with Gasteiger partial charge in [-0.1, -0.05) is 32.4 Å². The minimum Gasteiger partial charge on any atom is -0.339 e. The zero-order chi connectivity index (χ0) is 15.7. The van der Waals surface area contributed by atoms with Crippen molar-refractivity contribution in [2.24, 2.45) is 10.6 Å². The van der Waals surface area contributed by atoms with Crippen molar-refractivity contribution in [2.45, 2.75) is 38.0 Å². The molecule has 0 bridgehead atoms. The molecule has 1 amide bonds. The molecule has 1 aromatic carbocycles. The Balaban J connectivity index is 2.23. The van der Waals surface area contributed by atoms with Gasteiger partial charge in [-0.25, -0.2) is 13.6 Å². The van der Waals surface area contributed by atoms with E-state index >= 15 is 0 Å². The lowest BCUT2D eigenvalue weighted by Gasteiger charge is -2.39. The Labute approximate surface area is 126 Å². The maximum Gasteiger partial charge on any atom is 0.255 e. The molecule has 1 heterocycles. The Morgan fingerprint density at radius 3 is 2.38 bits per heavy atom. The van der Waals surface area contributed by atoms with Gasteiger partial charge >= 0.3 is 0 Å². The maximum atomic E-state index is 12.6. The molecule has 2 rings (SSSR count). The standard InChI is InChI=1S/C15H22N2O3S/c1-3-15(2)8-10-17(11-9-15)14(18)12-6-4-5-7-13(12)21(16,19)20/h4-7H,3,8-11H2,1-2H3,(H2,16,19,20). The summed E-state index contributed by atoms with van der Waals surface area (Å²) in [6.45, 7) is 5.70. The number of primary sulfonamides is 1. The van der Waals surface area contributed by atoms with Crippen LogP contribution in [0.4, 0.5) is 0 Å². The van der Waals surface area contributed by atoms with Crippen LogP contribution < -0.4 is 5.14 Å². The van der Waals surface area contributed by atoms with Crippen molar-refractivity contribution >= 4 is 15.9 Å². The van der Waals surface area contributed by atoms with Crippen LogP contribution in [0.15, 0.2) is 29.2 Å². The number of piperidine rings is 1. The summed E-state index contributed by atoms with van der Waals surface area (Å²) in [6.07, 6.45) is 2.96. The van der Waals surface area contributed by atoms with E-state index < -0.39 is 10.0 Å². The van der Waals surface area contributed by atoms with Crippen LogP contribution in [-0.2, 0) is 10.0 Å². The molecular weight excluding hydrogens is 288 g/mol. The molecular formula is C15H22N2O3S. The van der Waals surface area contributed by atoms with Crippen molar-refractivity contribution in [1.82, 2.24) is 4.90 Å². The minimum atomic E-state index is -3.89. The predicted molar refractivity (Wildman–Crippen MR) is 81.4 cm³/mol. The summed E-state index contributed by atoms with van der Waals surface area (Å²) >= 11 is 0. The molecule has 5 nitrogen and oxygen atoms in total. The first-order valence-corrected chi connectivity index (χ1v) is 8.72. The molecule has 1 aliphatic heterocycles. The smallest absolute Gasteiger partial charge is 0.255 e. The van der Waals surface area contributed by atoms with Crippen LogP contribution in [0, 0.1) is 5.41 Å². The van der Waals surface area contributed by atoms with Crippen molar-refractivity contribution in [2.75, 3.05) is 13.1 Å². The number of benzene rings is 1. The Hall–Kier alpha value is -1.40. The van der Waals surface area contributed by atoms with Gasteiger partial charge in [0.2, 0.25) is 10.0 Å². The fourth-order valence-electron chi connectivity index (χ4n) is 2.66. The average molecular weight is 310 g/mol. The largest absolute Gasteiger partial charge is 0.339 e. The zero-order valence-corrected chi connectivity index (χ0v) is 13.3. The molecule has 2 N–H and O–H groups in total. The van der Waals surface area contributed by atoms with E-state index in [1.807, 2.05) is 0 Å². The fraction of sp³-hybridized carbons (Fsp3) is 0.533. The lowest BCUT2D eigenvalue weighted by molar-refractivity contribution is 0.0596. The van der Waals surface area contributed by atoms with E-state index in [1.54, 1.807) is 17.0 Å². The molecule has 21 heavy (non-hydrogen) atoms. The van der Waals surface area contributed by atoms with Gasteiger partial charge in [0.05, 0.1) is 10.5 Å². The molecule has 0 aliphatic carbocycles. The summed E-state index contributed by atoms with van der Waals surface area (Å²) in [7, 11) is -3.89. The minimum absolute atomic E-state index is 0.0983. The third kappa shape index (κ3) is 3.44. The highest BCUT2D eigenvalue weighted by Gasteiger charge is 2.32. The van der Waals surface area contributed by atoms with E-state index in [4.69, 9.17) is 5.14 Å². The number of carbonyl (C=O) groups is 1. The first kappa shape index (κ1) is 16.0. The van der Waals surface area contributed by atoms with Gasteiger partial charge in [0.25, 0.3) is 5.91 Å². The second kappa shape index (κ2) is 5.77. The summed E-state index contributed by atoms with van der Waals surface area (Å²) in [5.74, 6) is -0.252. The van der Waals surface area contributed by atoms with Crippen molar-refractivity contribution in [3.05, 3.63) is 29.8 Å². The number of sulfonamides is 1. The van der Waals surface area contributed by atoms with E-state index in [0.717, 1.165) is 19.3 Å². The highest BCUT2D eigenvalue weighted by atomic mass is 32.2. The van der Waals surface area contributed by atoms with Crippen LogP contribution >= 0.6 is 0 Å². The Morgan fingerprint density at radius 2 is 1.86 bits per heavy atom. The summed E-state index contributed by atoms with van der Waals surface area (Å²) in [5.41, 5.74) is 0.441. The van der Waals surface area contributed by atoms with Crippen LogP contribution in [0.5, 0.6) is 0 Å². The second-order valence-corrected chi connectivity index (χ2v) is 7.53. The second-order valence-electron chi connectivity index (χ2n) is 6.00. The highest BCUT2D eigenvalue weighted by molar-refractivity contribution is 7.89. The van der Waals surface area contributed by atoms with Crippen molar-refractivity contribution < 1.29 is 13.2 Å². The van der Waals surface area contributed by atoms with Gasteiger partial charge in [0.15, 0.2) is 0 Å². The molecule has 0 atom stereocenters. The van der Waals surface area contributed by atoms with Crippen LogP contribution in [0.25, 0.3) is 0 Å². The Morgan fingerprint density at radius 1 is 1.29 bits per heavy atom. The van der Waals surface area contributed by atoms with E-state index in [9.17, 15) is 13.2 Å². The first-order valence-electron chi connectivity index (χ1n) is 7.18. The predicted octanol–water partition coefficient (Wildman–Crippen LogP) is 1.99. The van der Waals surface area contributed by atoms with Gasteiger partial charge in [0.1, 0.15) is 0 Å². The van der Waals surface area contributed by atoms with Crippen molar-refractivity contribution in [3.8, 4) is 0 Å². The number of likely N-dealkylation sites (tertiary alicyclic amines) is 1. The lowest BCUT2D eigenvalue weighted by Crippen LogP contribution is -2.42. The number of hydrogen-bond acceptors (Lipinski definition) is 3. The molecule has 1 aromatic rings. The molecule has 6 heteroatoms. The molecule has 0 radical (unpaired) electrons. The molecule has 1 fully saturated rings. The molecule has 0 aromatic heterocycles. The first-order chi connectivity index (χ1) is 9.77. The molecule has 116 valence electrons. The topological polar surface area (TPSA) is 80.5 Å². The molecule has 1 saturated heterocycles. The summed E-state index contributed by atoms with van der Waals surface area (Å²) < 4.78 is 23.2. The summed E-state index contributed by atoms with van der Waals surface area (Å²) in [4.78, 5) is 14.2. The van der Waals surface area contributed by atoms with E-state index in [1.165, 1.54) is 12.1 Å². The molecule has 1 aliphatic rings. The van der Waals surface area contributed by atoms with Crippen LogP contribution in [-0.4, -0.2) is 32.3 Å². The maximum absolute atomic E-state index is 12.6. The van der Waals surface area contributed by atoms with Gasteiger partial charge in [0, 0.05) is 13.1 Å². The number of nitrogens with zero attached hydrogens (tertiary/aromatic N) is 1. The van der Waals surface area contributed by atoms with Gasteiger partial charge in [-0.3, -0.25) is 4.79 Å². The third-order valence-corrected chi connectivity index (χ3v) is 5.50. The van der Waals surface area contributed by atoms with Crippen LogP contribution in [0.3, 0.4) is 0 Å². The number of rotatable bonds is 3. The SMILES string of the molecule is CCC1(C)CCN(C(=O)c2ccccc2S(N)(=O)=O)CC1. The average Bonchev–Trinajstić information content (AvgIpc) is 2.46. The Bertz CT molecular complexity index is 632. The van der Waals surface area contributed by atoms with E-state index in [2.05, 4.69) is 13.8 Å². The Kier molecular flexibility index (Phi) is 4.39. The molecule has 0 unspecified atom stereocenters. The molecule has 0 spiro atoms. The summed E-state index contributed by atoms with van der Waals surface area (Å²) in [6, 6.07) is 6.13. The van der Waals surface area contributed by atoms with Gasteiger partial charge in [-0.2, -0.15) is 0 Å². The van der Waals surface area contributed by atoms with E-state index in [-0.39, 0.29) is 21.8 Å². The van der Waals surface area contributed by atoms with E-state index in [0.29, 0.717) is 13.1 Å². The van der Waals surface area contributed by atoms with Crippen molar-refractivity contribution in [1.29, 1.82) is 0 Å². The van der Waals surface area contributed by atoms with Gasteiger partial charge in [-0.15, -0.1) is 0 Å². The monoisotopic (exact) mass is 310 g/mol. The van der Waals surface area contributed by atoms with Crippen LogP contribution in [0.2, 0.25) is 0 Å². The van der Waals surface area contributed by atoms with Gasteiger partial charge < -0.3 is 4.90 Å². The third-order valence-electron chi connectivity index (χ3n) is 4.54. The summed E-state index contributed by atoms with van der Waals surface area (Å²) in [5, 5.41) is 5.19. The van der Waals surface area contributed by atoms with Gasteiger partial charge in [-0.05, 0) is 30.4 Å². The number of amides is 1. The number of nitrogens with two attached hydrogens (primary N) is 1. The van der Waals surface area contributed by atoms with Crippen molar-refractivity contribution in [3.63, 3.8) is 0 Å². The normalized spacial score (nSPS) is 18.5. The molecule has 0 saturated carbocycles. The number of carbonyl (C=O) groups excluding carboxylic acids is 1. The highest BCUT2D eigenvalue weighted by Crippen LogP contribution is 2.34. The zero-order valence-electron chi connectivity index (χ0n) is 12.5. The fourth-order valence-corrected chi connectivity index (χ4v) is 3.40. The number of hydrogen-bond donors (Lipinski definition) is 1. The lowest BCUT2D eigenvalue weighted by atomic mass is 9.78.